The summed E-state index contributed by atoms with van der Waals surface area (Å²) < 4.78 is 0. The number of amides is 1. The van der Waals surface area contributed by atoms with Gasteiger partial charge in [0.15, 0.2) is 0 Å². The molecule has 1 amide bonds. The number of para-hydroxylation sites is 1. The van der Waals surface area contributed by atoms with Crippen molar-refractivity contribution < 1.29 is 15.0 Å². The fourth-order valence-electron chi connectivity index (χ4n) is 3.64. The van der Waals surface area contributed by atoms with Crippen LogP contribution in [-0.4, -0.2) is 49.3 Å². The van der Waals surface area contributed by atoms with E-state index in [2.05, 4.69) is 15.2 Å². The van der Waals surface area contributed by atoms with Crippen molar-refractivity contribution in [2.45, 2.75) is 18.9 Å². The summed E-state index contributed by atoms with van der Waals surface area (Å²) in [5.74, 6) is 0.0785. The van der Waals surface area contributed by atoms with Gasteiger partial charge in [-0.25, -0.2) is 0 Å². The van der Waals surface area contributed by atoms with E-state index in [-0.39, 0.29) is 17.6 Å². The summed E-state index contributed by atoms with van der Waals surface area (Å²) in [4.78, 5) is 18.8. The summed E-state index contributed by atoms with van der Waals surface area (Å²) >= 11 is 0. The minimum absolute atomic E-state index is 0.0811. The second-order valence-corrected chi connectivity index (χ2v) is 7.01. The zero-order valence-electron chi connectivity index (χ0n) is 15.3. The van der Waals surface area contributed by atoms with Crippen molar-refractivity contribution in [2.75, 3.05) is 13.1 Å². The average Bonchev–Trinajstić information content (AvgIpc) is 3.24. The van der Waals surface area contributed by atoms with Crippen LogP contribution in [0.4, 0.5) is 0 Å². The van der Waals surface area contributed by atoms with Gasteiger partial charge >= 0.3 is 0 Å². The van der Waals surface area contributed by atoms with Gasteiger partial charge in [-0.15, -0.1) is 0 Å². The van der Waals surface area contributed by atoms with Crippen LogP contribution in [0.25, 0.3) is 11.3 Å². The number of carbonyl (C=O) groups excluding carboxylic acids is 1. The second kappa shape index (κ2) is 7.82. The quantitative estimate of drug-likeness (QED) is 0.648. The third-order valence-corrected chi connectivity index (χ3v) is 5.25. The Labute approximate surface area is 162 Å². The molecule has 1 atom stereocenters. The minimum atomic E-state index is -0.613. The van der Waals surface area contributed by atoms with Gasteiger partial charge in [0, 0.05) is 24.8 Å². The van der Waals surface area contributed by atoms with Crippen LogP contribution >= 0.6 is 0 Å². The van der Waals surface area contributed by atoms with Gasteiger partial charge in [0.25, 0.3) is 5.91 Å². The fraction of sp³-hybridized carbons (Fsp3) is 0.286. The number of rotatable bonds is 4. The van der Waals surface area contributed by atoms with E-state index < -0.39 is 6.10 Å². The maximum Gasteiger partial charge on any atom is 0.271 e. The van der Waals surface area contributed by atoms with Crippen molar-refractivity contribution in [3.63, 3.8) is 0 Å². The third kappa shape index (κ3) is 3.61. The van der Waals surface area contributed by atoms with Crippen LogP contribution in [0.5, 0.6) is 5.75 Å². The van der Waals surface area contributed by atoms with Gasteiger partial charge in [0.1, 0.15) is 11.4 Å². The van der Waals surface area contributed by atoms with Gasteiger partial charge < -0.3 is 15.1 Å². The number of hydrogen-bond acceptors (Lipinski definition) is 5. The Hall–Kier alpha value is -3.19. The number of aliphatic hydroxyl groups excluding tert-OH is 1. The lowest BCUT2D eigenvalue weighted by atomic mass is 9.89. The summed E-state index contributed by atoms with van der Waals surface area (Å²) in [6.45, 7) is 1.14. The molecular formula is C21H22N4O3. The van der Waals surface area contributed by atoms with Crippen LogP contribution < -0.4 is 0 Å². The number of pyridine rings is 1. The molecule has 144 valence electrons. The average molecular weight is 378 g/mol. The Balaban J connectivity index is 1.40. The highest BCUT2D eigenvalue weighted by molar-refractivity contribution is 5.93. The molecule has 0 bridgehead atoms. The van der Waals surface area contributed by atoms with Gasteiger partial charge in [0.2, 0.25) is 0 Å². The van der Waals surface area contributed by atoms with E-state index >= 15 is 0 Å². The number of benzene rings is 1. The van der Waals surface area contributed by atoms with Gasteiger partial charge in [-0.3, -0.25) is 14.9 Å². The number of phenolic OH excluding ortho intramolecular Hbond substituents is 1. The summed E-state index contributed by atoms with van der Waals surface area (Å²) in [5.41, 5.74) is 2.17. The Morgan fingerprint density at radius 2 is 1.89 bits per heavy atom. The standard InChI is InChI=1S/C21H22N4O3/c26-19-7-2-1-5-15(19)17-13-18(24-23-17)21(28)25-11-8-14(9-12-25)20(27)16-6-3-4-10-22-16/h1-7,10,13-14,20,26-27H,8-9,11-12H2,(H,23,24)/t20-/m1/s1. The summed E-state index contributed by atoms with van der Waals surface area (Å²) in [5, 5.41) is 27.4. The SMILES string of the molecule is O=C(c1cc(-c2ccccc2O)n[nH]1)N1CCC([C@@H](O)c2ccccn2)CC1. The second-order valence-electron chi connectivity index (χ2n) is 7.01. The molecule has 7 heteroatoms. The number of H-pyrrole nitrogens is 1. The maximum absolute atomic E-state index is 12.8. The van der Waals surface area contributed by atoms with Crippen LogP contribution in [0.1, 0.15) is 35.1 Å². The zero-order chi connectivity index (χ0) is 19.5. The molecule has 1 saturated heterocycles. The van der Waals surface area contributed by atoms with Crippen molar-refractivity contribution in [1.82, 2.24) is 20.1 Å². The van der Waals surface area contributed by atoms with E-state index in [1.165, 1.54) is 0 Å². The monoisotopic (exact) mass is 378 g/mol. The molecule has 3 heterocycles. The summed E-state index contributed by atoms with van der Waals surface area (Å²) in [6.07, 6.45) is 2.49. The highest BCUT2D eigenvalue weighted by Gasteiger charge is 2.30. The van der Waals surface area contributed by atoms with E-state index in [1.54, 1.807) is 35.4 Å². The first-order valence-electron chi connectivity index (χ1n) is 9.35. The Kier molecular flexibility index (Phi) is 5.08. The van der Waals surface area contributed by atoms with Gasteiger partial charge in [-0.2, -0.15) is 5.10 Å². The van der Waals surface area contributed by atoms with Crippen LogP contribution in [0.15, 0.2) is 54.7 Å². The van der Waals surface area contributed by atoms with E-state index in [9.17, 15) is 15.0 Å². The van der Waals surface area contributed by atoms with E-state index in [4.69, 9.17) is 0 Å². The molecule has 0 unspecified atom stereocenters. The van der Waals surface area contributed by atoms with Gasteiger partial charge in [-0.05, 0) is 49.1 Å². The van der Waals surface area contributed by atoms with Crippen molar-refractivity contribution in [1.29, 1.82) is 0 Å². The van der Waals surface area contributed by atoms with Crippen molar-refractivity contribution >= 4 is 5.91 Å². The Morgan fingerprint density at radius 3 is 2.61 bits per heavy atom. The number of nitrogens with zero attached hydrogens (tertiary/aromatic N) is 3. The van der Waals surface area contributed by atoms with Crippen LogP contribution in [-0.2, 0) is 0 Å². The highest BCUT2D eigenvalue weighted by Crippen LogP contribution is 2.31. The molecule has 3 aromatic rings. The van der Waals surface area contributed by atoms with E-state index in [0.717, 1.165) is 0 Å². The molecule has 0 radical (unpaired) electrons. The topological polar surface area (TPSA) is 102 Å². The van der Waals surface area contributed by atoms with Gasteiger partial charge in [-0.1, -0.05) is 18.2 Å². The van der Waals surface area contributed by atoms with Gasteiger partial charge in [0.05, 0.1) is 17.5 Å². The summed E-state index contributed by atoms with van der Waals surface area (Å²) in [7, 11) is 0. The van der Waals surface area contributed by atoms with Crippen molar-refractivity contribution in [2.24, 2.45) is 5.92 Å². The largest absolute Gasteiger partial charge is 0.507 e. The normalized spacial score (nSPS) is 16.1. The highest BCUT2D eigenvalue weighted by atomic mass is 16.3. The lowest BCUT2D eigenvalue weighted by molar-refractivity contribution is 0.0444. The number of carbonyl (C=O) groups is 1. The molecule has 3 N–H and O–H groups in total. The predicted octanol–water partition coefficient (Wildman–Crippen LogP) is 2.76. The molecule has 4 rings (SSSR count). The number of nitrogens with one attached hydrogen (secondary N) is 1. The molecular weight excluding hydrogens is 356 g/mol. The summed E-state index contributed by atoms with van der Waals surface area (Å²) in [6, 6.07) is 14.1. The van der Waals surface area contributed by atoms with Crippen molar-refractivity contribution in [3.8, 4) is 17.0 Å². The number of hydrogen-bond donors (Lipinski definition) is 3. The lowest BCUT2D eigenvalue weighted by Gasteiger charge is -2.33. The number of piperidine rings is 1. The number of likely N-dealkylation sites (tertiary alicyclic amines) is 1. The minimum Gasteiger partial charge on any atom is -0.507 e. The number of aromatic nitrogens is 3. The molecule has 1 aliphatic heterocycles. The van der Waals surface area contributed by atoms with Crippen molar-refractivity contribution in [3.05, 3.63) is 66.1 Å². The maximum atomic E-state index is 12.8. The molecule has 1 aromatic carbocycles. The number of phenols is 1. The van der Waals surface area contributed by atoms with E-state index in [1.807, 2.05) is 24.3 Å². The molecule has 0 saturated carbocycles. The molecule has 2 aromatic heterocycles. The van der Waals surface area contributed by atoms with E-state index in [0.29, 0.717) is 48.6 Å². The third-order valence-electron chi connectivity index (χ3n) is 5.25. The zero-order valence-corrected chi connectivity index (χ0v) is 15.3. The fourth-order valence-corrected chi connectivity index (χ4v) is 3.64. The molecule has 28 heavy (non-hydrogen) atoms. The number of aliphatic hydroxyl groups is 1. The Bertz CT molecular complexity index is 949. The lowest BCUT2D eigenvalue weighted by Crippen LogP contribution is -2.40. The Morgan fingerprint density at radius 1 is 1.14 bits per heavy atom. The number of aromatic hydroxyl groups is 1. The first-order chi connectivity index (χ1) is 13.6. The first kappa shape index (κ1) is 18.2. The molecule has 0 aliphatic carbocycles. The first-order valence-corrected chi connectivity index (χ1v) is 9.35. The molecule has 7 nitrogen and oxygen atoms in total. The number of aromatic amines is 1. The molecule has 1 aliphatic rings. The molecule has 1 fully saturated rings. The van der Waals surface area contributed by atoms with Crippen LogP contribution in [0, 0.1) is 5.92 Å². The van der Waals surface area contributed by atoms with Crippen LogP contribution in [0.3, 0.4) is 0 Å². The molecule has 0 spiro atoms. The smallest absolute Gasteiger partial charge is 0.271 e. The van der Waals surface area contributed by atoms with Crippen LogP contribution in [0.2, 0.25) is 0 Å². The predicted molar refractivity (Wildman–Crippen MR) is 104 cm³/mol.